The fourth-order valence-corrected chi connectivity index (χ4v) is 1.24. The second-order valence-electron chi connectivity index (χ2n) is 3.05. The second kappa shape index (κ2) is 4.00. The Bertz CT molecular complexity index is 197. The summed E-state index contributed by atoms with van der Waals surface area (Å²) in [4.78, 5) is 12.4. The van der Waals surface area contributed by atoms with Gasteiger partial charge in [0.05, 0.1) is 6.61 Å². The van der Waals surface area contributed by atoms with E-state index in [1.807, 2.05) is 6.92 Å². The van der Waals surface area contributed by atoms with Crippen molar-refractivity contribution in [3.63, 3.8) is 0 Å². The topological polar surface area (TPSA) is 29.5 Å². The van der Waals surface area contributed by atoms with Gasteiger partial charge in [-0.15, -0.1) is 0 Å². The van der Waals surface area contributed by atoms with Gasteiger partial charge in [0.1, 0.15) is 6.54 Å². The van der Waals surface area contributed by atoms with Gasteiger partial charge in [-0.2, -0.15) is 8.78 Å². The lowest BCUT2D eigenvalue weighted by molar-refractivity contribution is -0.267. The molecule has 1 heterocycles. The third kappa shape index (κ3) is 2.91. The molecule has 76 valence electrons. The number of hydrogen-bond donors (Lipinski definition) is 0. The van der Waals surface area contributed by atoms with Gasteiger partial charge in [-0.1, -0.05) is 6.92 Å². The van der Waals surface area contributed by atoms with Crippen LogP contribution >= 0.6 is 0 Å². The lowest BCUT2D eigenvalue weighted by Gasteiger charge is -2.32. The zero-order valence-electron chi connectivity index (χ0n) is 7.56. The first-order valence-corrected chi connectivity index (χ1v) is 4.35. The summed E-state index contributed by atoms with van der Waals surface area (Å²) >= 11 is 0. The largest absolute Gasteiger partial charge is 0.373 e. The Morgan fingerprint density at radius 2 is 2.31 bits per heavy atom. The fraction of sp³-hybridized carbons (Fsp3) is 0.875. The van der Waals surface area contributed by atoms with E-state index < -0.39 is 12.7 Å². The first-order chi connectivity index (χ1) is 6.05. The van der Waals surface area contributed by atoms with Crippen molar-refractivity contribution in [2.24, 2.45) is 0 Å². The van der Waals surface area contributed by atoms with Crippen LogP contribution in [-0.2, 0) is 9.53 Å². The Hall–Kier alpha value is -0.710. The van der Waals surface area contributed by atoms with Crippen LogP contribution in [0.2, 0.25) is 0 Å². The van der Waals surface area contributed by atoms with Gasteiger partial charge in [0.2, 0.25) is 5.91 Å². The number of carbonyl (C=O) groups excluding carboxylic acids is 1. The Morgan fingerprint density at radius 3 is 2.85 bits per heavy atom. The van der Waals surface area contributed by atoms with Crippen molar-refractivity contribution in [3.05, 3.63) is 0 Å². The van der Waals surface area contributed by atoms with Gasteiger partial charge in [0, 0.05) is 13.0 Å². The van der Waals surface area contributed by atoms with E-state index in [1.165, 1.54) is 0 Å². The number of hydrogen-bond acceptors (Lipinski definition) is 2. The molecule has 5 heteroatoms. The maximum absolute atomic E-state index is 12.6. The summed E-state index contributed by atoms with van der Waals surface area (Å²) in [7, 11) is 0. The molecule has 0 saturated carbocycles. The number of halogens is 2. The summed E-state index contributed by atoms with van der Waals surface area (Å²) in [5.74, 6) is -0.217. The molecule has 1 rings (SSSR count). The summed E-state index contributed by atoms with van der Waals surface area (Å²) in [6.45, 7) is 1.43. The van der Waals surface area contributed by atoms with Crippen molar-refractivity contribution in [1.29, 1.82) is 0 Å². The molecule has 1 aliphatic heterocycles. The standard InChI is InChI=1S/C8H13F2NO2/c1-2-3-7(12)11-4-5-13-8(9,10)6-11/h2-6H2,1H3. The molecule has 1 fully saturated rings. The number of amides is 1. The number of carbonyl (C=O) groups is 1. The molecule has 0 radical (unpaired) electrons. The zero-order valence-corrected chi connectivity index (χ0v) is 7.56. The highest BCUT2D eigenvalue weighted by Crippen LogP contribution is 2.21. The van der Waals surface area contributed by atoms with Gasteiger partial charge in [0.15, 0.2) is 0 Å². The van der Waals surface area contributed by atoms with Gasteiger partial charge in [-0.3, -0.25) is 4.79 Å². The molecule has 3 nitrogen and oxygen atoms in total. The highest BCUT2D eigenvalue weighted by atomic mass is 19.3. The van der Waals surface area contributed by atoms with E-state index in [0.29, 0.717) is 12.8 Å². The van der Waals surface area contributed by atoms with Crippen molar-refractivity contribution >= 4 is 5.91 Å². The molecule has 0 aromatic heterocycles. The predicted octanol–water partition coefficient (Wildman–Crippen LogP) is 1.24. The van der Waals surface area contributed by atoms with Crippen LogP contribution in [0.25, 0.3) is 0 Å². The smallest absolute Gasteiger partial charge is 0.332 e. The summed E-state index contributed by atoms with van der Waals surface area (Å²) < 4.78 is 29.5. The van der Waals surface area contributed by atoms with E-state index in [1.54, 1.807) is 0 Å². The summed E-state index contributed by atoms with van der Waals surface area (Å²) in [6.07, 6.45) is -2.15. The molecule has 1 amide bonds. The van der Waals surface area contributed by atoms with E-state index in [-0.39, 0.29) is 19.1 Å². The van der Waals surface area contributed by atoms with Crippen molar-refractivity contribution in [2.75, 3.05) is 19.7 Å². The second-order valence-corrected chi connectivity index (χ2v) is 3.05. The summed E-state index contributed by atoms with van der Waals surface area (Å²) in [6, 6.07) is 0. The Balaban J connectivity index is 2.47. The van der Waals surface area contributed by atoms with Gasteiger partial charge in [-0.05, 0) is 6.42 Å². The van der Waals surface area contributed by atoms with Crippen LogP contribution in [-0.4, -0.2) is 36.6 Å². The van der Waals surface area contributed by atoms with E-state index in [0.717, 1.165) is 4.90 Å². The Morgan fingerprint density at radius 1 is 1.62 bits per heavy atom. The number of nitrogens with zero attached hydrogens (tertiary/aromatic N) is 1. The Kier molecular flexibility index (Phi) is 3.19. The Labute approximate surface area is 75.7 Å². The average Bonchev–Trinajstić information content (AvgIpc) is 2.03. The number of morpholine rings is 1. The van der Waals surface area contributed by atoms with Gasteiger partial charge in [0.25, 0.3) is 0 Å². The molecule has 0 N–H and O–H groups in total. The van der Waals surface area contributed by atoms with Crippen LogP contribution in [0.4, 0.5) is 8.78 Å². The number of alkyl halides is 2. The van der Waals surface area contributed by atoms with Gasteiger partial charge < -0.3 is 9.64 Å². The molecule has 1 aliphatic rings. The van der Waals surface area contributed by atoms with E-state index >= 15 is 0 Å². The molecular formula is C8H13F2NO2. The summed E-state index contributed by atoms with van der Waals surface area (Å²) in [5, 5.41) is 0. The normalized spacial score (nSPS) is 21.6. The van der Waals surface area contributed by atoms with Gasteiger partial charge >= 0.3 is 6.11 Å². The van der Waals surface area contributed by atoms with Crippen LogP contribution in [0, 0.1) is 0 Å². The lowest BCUT2D eigenvalue weighted by Crippen LogP contribution is -2.49. The molecule has 0 aliphatic carbocycles. The highest BCUT2D eigenvalue weighted by molar-refractivity contribution is 5.76. The van der Waals surface area contributed by atoms with Crippen molar-refractivity contribution < 1.29 is 18.3 Å². The zero-order chi connectivity index (χ0) is 9.90. The minimum absolute atomic E-state index is 0.0809. The molecule has 1 saturated heterocycles. The highest BCUT2D eigenvalue weighted by Gasteiger charge is 2.38. The first-order valence-electron chi connectivity index (χ1n) is 4.35. The maximum Gasteiger partial charge on any atom is 0.373 e. The van der Waals surface area contributed by atoms with Crippen LogP contribution in [0.15, 0.2) is 0 Å². The van der Waals surface area contributed by atoms with Crippen LogP contribution in [0.5, 0.6) is 0 Å². The third-order valence-corrected chi connectivity index (χ3v) is 1.87. The number of rotatable bonds is 2. The van der Waals surface area contributed by atoms with Crippen molar-refractivity contribution in [1.82, 2.24) is 4.90 Å². The molecular weight excluding hydrogens is 180 g/mol. The molecule has 0 bridgehead atoms. The van der Waals surface area contributed by atoms with E-state index in [4.69, 9.17) is 0 Å². The quantitative estimate of drug-likeness (QED) is 0.660. The minimum atomic E-state index is -3.17. The molecule has 0 unspecified atom stereocenters. The SMILES string of the molecule is CCCC(=O)N1CCOC(F)(F)C1. The van der Waals surface area contributed by atoms with E-state index in [9.17, 15) is 13.6 Å². The van der Waals surface area contributed by atoms with Crippen LogP contribution < -0.4 is 0 Å². The average molecular weight is 193 g/mol. The summed E-state index contributed by atoms with van der Waals surface area (Å²) in [5.41, 5.74) is 0. The van der Waals surface area contributed by atoms with Crippen LogP contribution in [0.1, 0.15) is 19.8 Å². The van der Waals surface area contributed by atoms with Gasteiger partial charge in [-0.25, -0.2) is 0 Å². The minimum Gasteiger partial charge on any atom is -0.332 e. The molecule has 0 spiro atoms. The monoisotopic (exact) mass is 193 g/mol. The van der Waals surface area contributed by atoms with E-state index in [2.05, 4.69) is 4.74 Å². The molecule has 0 aromatic carbocycles. The predicted molar refractivity (Wildman–Crippen MR) is 42.4 cm³/mol. The molecule has 0 aromatic rings. The van der Waals surface area contributed by atoms with Crippen molar-refractivity contribution in [2.45, 2.75) is 25.9 Å². The first kappa shape index (κ1) is 10.4. The lowest BCUT2D eigenvalue weighted by atomic mass is 10.3. The number of ether oxygens (including phenoxy) is 1. The molecule has 0 atom stereocenters. The van der Waals surface area contributed by atoms with Crippen molar-refractivity contribution in [3.8, 4) is 0 Å². The third-order valence-electron chi connectivity index (χ3n) is 1.87. The maximum atomic E-state index is 12.6. The molecule has 13 heavy (non-hydrogen) atoms. The fourth-order valence-electron chi connectivity index (χ4n) is 1.24. The van der Waals surface area contributed by atoms with Crippen LogP contribution in [0.3, 0.4) is 0 Å².